The molecule has 0 aliphatic carbocycles. The molecule has 0 aliphatic heterocycles. The van der Waals surface area contributed by atoms with Crippen molar-refractivity contribution < 1.29 is 28.6 Å². The van der Waals surface area contributed by atoms with E-state index in [0.29, 0.717) is 19.3 Å². The lowest BCUT2D eigenvalue weighted by Gasteiger charge is -2.18. The summed E-state index contributed by atoms with van der Waals surface area (Å²) in [5.74, 6) is -0.852. The van der Waals surface area contributed by atoms with Crippen molar-refractivity contribution >= 4 is 17.9 Å². The molecule has 1 unspecified atom stereocenters. The summed E-state index contributed by atoms with van der Waals surface area (Å²) in [6.45, 7) is 6.65. The lowest BCUT2D eigenvalue weighted by molar-refractivity contribution is -0.167. The van der Waals surface area contributed by atoms with Gasteiger partial charge in [0.2, 0.25) is 0 Å². The van der Waals surface area contributed by atoms with Crippen molar-refractivity contribution in [3.05, 3.63) is 36.5 Å². The van der Waals surface area contributed by atoms with Crippen LogP contribution < -0.4 is 0 Å². The fourth-order valence-corrected chi connectivity index (χ4v) is 9.88. The van der Waals surface area contributed by atoms with Crippen molar-refractivity contribution in [3.63, 3.8) is 0 Å². The highest BCUT2D eigenvalue weighted by Gasteiger charge is 2.19. The number of hydrogen-bond acceptors (Lipinski definition) is 6. The zero-order valence-corrected chi connectivity index (χ0v) is 49.9. The van der Waals surface area contributed by atoms with Crippen molar-refractivity contribution in [2.24, 2.45) is 0 Å². The van der Waals surface area contributed by atoms with Gasteiger partial charge in [-0.05, 0) is 77.0 Å². The van der Waals surface area contributed by atoms with Gasteiger partial charge in [0.1, 0.15) is 13.2 Å². The van der Waals surface area contributed by atoms with Crippen LogP contribution in [0.5, 0.6) is 0 Å². The van der Waals surface area contributed by atoms with Crippen molar-refractivity contribution in [2.75, 3.05) is 13.2 Å². The lowest BCUT2D eigenvalue weighted by atomic mass is 10.0. The van der Waals surface area contributed by atoms with Gasteiger partial charge >= 0.3 is 17.9 Å². The highest BCUT2D eigenvalue weighted by Crippen LogP contribution is 2.18. The van der Waals surface area contributed by atoms with Crippen LogP contribution in [-0.2, 0) is 28.6 Å². The second kappa shape index (κ2) is 63.2. The molecule has 434 valence electrons. The van der Waals surface area contributed by atoms with Gasteiger partial charge in [0.05, 0.1) is 0 Å². The second-order valence-corrected chi connectivity index (χ2v) is 22.4. The van der Waals surface area contributed by atoms with Crippen LogP contribution in [0, 0.1) is 0 Å². The first-order valence-corrected chi connectivity index (χ1v) is 33.0. The minimum atomic E-state index is -0.768. The number of carbonyl (C=O) groups excluding carboxylic acids is 3. The molecule has 0 aromatic carbocycles. The smallest absolute Gasteiger partial charge is 0.306 e. The summed E-state index contributed by atoms with van der Waals surface area (Å²) >= 11 is 0. The third-order valence-corrected chi connectivity index (χ3v) is 14.9. The van der Waals surface area contributed by atoms with E-state index < -0.39 is 6.10 Å². The van der Waals surface area contributed by atoms with Crippen LogP contribution in [-0.4, -0.2) is 37.2 Å². The minimum absolute atomic E-state index is 0.0681. The molecular formula is C68H126O6. The molecule has 0 aliphatic rings. The Hall–Kier alpha value is -2.37. The summed E-state index contributed by atoms with van der Waals surface area (Å²) in [6.07, 6.45) is 77.5. The average Bonchev–Trinajstić information content (AvgIpc) is 3.40. The summed E-state index contributed by atoms with van der Waals surface area (Å²) in [4.78, 5) is 38.1. The summed E-state index contributed by atoms with van der Waals surface area (Å²) in [7, 11) is 0. The van der Waals surface area contributed by atoms with E-state index in [0.717, 1.165) is 64.2 Å². The molecule has 6 heteroatoms. The Kier molecular flexibility index (Phi) is 61.1. The van der Waals surface area contributed by atoms with E-state index >= 15 is 0 Å². The third kappa shape index (κ3) is 60.5. The Bertz CT molecular complexity index is 1240. The quantitative estimate of drug-likeness (QED) is 0.0261. The zero-order chi connectivity index (χ0) is 53.6. The van der Waals surface area contributed by atoms with Gasteiger partial charge in [-0.15, -0.1) is 0 Å². The van der Waals surface area contributed by atoms with Gasteiger partial charge in [-0.3, -0.25) is 14.4 Å². The van der Waals surface area contributed by atoms with Crippen LogP contribution in [0.4, 0.5) is 0 Å². The molecule has 0 aromatic heterocycles. The monoisotopic (exact) mass is 1040 g/mol. The van der Waals surface area contributed by atoms with Gasteiger partial charge in [0.15, 0.2) is 6.10 Å². The topological polar surface area (TPSA) is 78.9 Å². The highest BCUT2D eigenvalue weighted by molar-refractivity contribution is 5.71. The highest BCUT2D eigenvalue weighted by atomic mass is 16.6. The molecule has 0 bridgehead atoms. The molecule has 0 heterocycles. The fourth-order valence-electron chi connectivity index (χ4n) is 9.88. The minimum Gasteiger partial charge on any atom is -0.462 e. The van der Waals surface area contributed by atoms with Crippen molar-refractivity contribution in [3.8, 4) is 0 Å². The number of esters is 3. The second-order valence-electron chi connectivity index (χ2n) is 22.4. The van der Waals surface area contributed by atoms with E-state index in [1.165, 1.54) is 257 Å². The number of hydrogen-bond donors (Lipinski definition) is 0. The largest absolute Gasteiger partial charge is 0.462 e. The molecule has 0 spiro atoms. The molecule has 0 rings (SSSR count). The maximum absolute atomic E-state index is 12.9. The van der Waals surface area contributed by atoms with Gasteiger partial charge in [-0.1, -0.05) is 301 Å². The van der Waals surface area contributed by atoms with Gasteiger partial charge in [-0.25, -0.2) is 0 Å². The molecule has 0 saturated carbocycles. The van der Waals surface area contributed by atoms with Crippen molar-refractivity contribution in [1.29, 1.82) is 0 Å². The molecular weight excluding hydrogens is 913 g/mol. The summed E-state index contributed by atoms with van der Waals surface area (Å²) < 4.78 is 16.9. The van der Waals surface area contributed by atoms with Crippen LogP contribution in [0.2, 0.25) is 0 Å². The predicted molar refractivity (Wildman–Crippen MR) is 321 cm³/mol. The summed E-state index contributed by atoms with van der Waals surface area (Å²) in [5, 5.41) is 0. The van der Waals surface area contributed by atoms with E-state index in [-0.39, 0.29) is 31.1 Å². The van der Waals surface area contributed by atoms with Gasteiger partial charge in [0, 0.05) is 19.3 Å². The first-order chi connectivity index (χ1) is 36.5. The maximum Gasteiger partial charge on any atom is 0.306 e. The predicted octanol–water partition coefficient (Wildman–Crippen LogP) is 22.4. The average molecular weight is 1040 g/mol. The van der Waals surface area contributed by atoms with Crippen molar-refractivity contribution in [2.45, 2.75) is 367 Å². The molecule has 74 heavy (non-hydrogen) atoms. The Morgan fingerprint density at radius 1 is 0.270 bits per heavy atom. The Morgan fingerprint density at radius 2 is 0.486 bits per heavy atom. The molecule has 0 radical (unpaired) electrons. The van der Waals surface area contributed by atoms with Gasteiger partial charge in [0.25, 0.3) is 0 Å². The van der Waals surface area contributed by atoms with Gasteiger partial charge in [-0.2, -0.15) is 0 Å². The molecule has 0 saturated heterocycles. The van der Waals surface area contributed by atoms with E-state index in [9.17, 15) is 14.4 Å². The van der Waals surface area contributed by atoms with E-state index in [4.69, 9.17) is 14.2 Å². The Morgan fingerprint density at radius 3 is 0.757 bits per heavy atom. The van der Waals surface area contributed by atoms with Crippen molar-refractivity contribution in [1.82, 2.24) is 0 Å². The lowest BCUT2D eigenvalue weighted by Crippen LogP contribution is -2.30. The number of unbranched alkanes of at least 4 members (excludes halogenated alkanes) is 44. The van der Waals surface area contributed by atoms with Crippen LogP contribution in [0.25, 0.3) is 0 Å². The Balaban J connectivity index is 4.07. The van der Waals surface area contributed by atoms with Crippen LogP contribution in [0.1, 0.15) is 361 Å². The SMILES string of the molecule is CCCCCCC/C=C\C/C=C\CCCCCCCCCCCCCCCCCCCC(=O)OCC(COC(=O)CCCCCCCCCC)OC(=O)CCCCCCCCCCC/C=C\CCCCCCCC. The van der Waals surface area contributed by atoms with Crippen LogP contribution >= 0.6 is 0 Å². The first-order valence-electron chi connectivity index (χ1n) is 33.0. The van der Waals surface area contributed by atoms with Crippen LogP contribution in [0.3, 0.4) is 0 Å². The molecule has 0 N–H and O–H groups in total. The summed E-state index contributed by atoms with van der Waals surface area (Å²) in [6, 6.07) is 0. The number of ether oxygens (including phenoxy) is 3. The number of carbonyl (C=O) groups is 3. The molecule has 0 fully saturated rings. The van der Waals surface area contributed by atoms with E-state index in [1.807, 2.05) is 0 Å². The number of allylic oxidation sites excluding steroid dienone is 6. The number of rotatable bonds is 61. The zero-order valence-electron chi connectivity index (χ0n) is 49.9. The molecule has 1 atom stereocenters. The first kappa shape index (κ1) is 71.6. The standard InChI is InChI=1S/C68H126O6/c1-4-7-10-13-16-19-21-23-25-27-29-30-31-32-33-34-35-36-37-38-40-41-43-45-47-49-52-55-58-61-67(70)73-64-65(63-72-66(69)60-57-54-51-18-15-12-9-6-3)74-68(71)62-59-56-53-50-48-46-44-42-39-28-26-24-22-20-17-14-11-8-5-2/h21,23-24,26-27,29,65H,4-20,22,25,28,30-64H2,1-3H3/b23-21-,26-24-,29-27-. The van der Waals surface area contributed by atoms with E-state index in [1.54, 1.807) is 0 Å². The van der Waals surface area contributed by atoms with E-state index in [2.05, 4.69) is 57.2 Å². The third-order valence-electron chi connectivity index (χ3n) is 14.9. The molecule has 0 aromatic rings. The fraction of sp³-hybridized carbons (Fsp3) is 0.868. The maximum atomic E-state index is 12.9. The Labute approximate surface area is 461 Å². The van der Waals surface area contributed by atoms with Crippen LogP contribution in [0.15, 0.2) is 36.5 Å². The normalized spacial score (nSPS) is 12.2. The summed E-state index contributed by atoms with van der Waals surface area (Å²) in [5.41, 5.74) is 0. The molecule has 6 nitrogen and oxygen atoms in total. The molecule has 0 amide bonds. The van der Waals surface area contributed by atoms with Gasteiger partial charge < -0.3 is 14.2 Å².